The van der Waals surface area contributed by atoms with E-state index in [1.54, 1.807) is 0 Å². The molecular weight excluding hydrogens is 655 g/mol. The van der Waals surface area contributed by atoms with Crippen LogP contribution in [-0.2, 0) is 0 Å². The molecule has 2 nitrogen and oxygen atoms in total. The average Bonchev–Trinajstić information content (AvgIpc) is 3.63. The Balaban J connectivity index is 1.05. The largest absolute Gasteiger partial charge is 0.455 e. The zero-order chi connectivity index (χ0) is 35.8. The number of furan rings is 1. The lowest BCUT2D eigenvalue weighted by molar-refractivity contribution is 0.673. The monoisotopic (exact) mass is 691 g/mol. The second-order valence-electron chi connectivity index (χ2n) is 14.0. The summed E-state index contributed by atoms with van der Waals surface area (Å²) in [7, 11) is 0. The van der Waals surface area contributed by atoms with Gasteiger partial charge in [0.1, 0.15) is 11.2 Å². The van der Waals surface area contributed by atoms with Crippen LogP contribution in [0.2, 0.25) is 0 Å². The summed E-state index contributed by atoms with van der Waals surface area (Å²) >= 11 is 0. The van der Waals surface area contributed by atoms with Gasteiger partial charge >= 0.3 is 0 Å². The minimum Gasteiger partial charge on any atom is -0.455 e. The minimum absolute atomic E-state index is 0.897. The second kappa shape index (κ2) is 13.6. The van der Waals surface area contributed by atoms with Crippen LogP contribution in [0.3, 0.4) is 0 Å². The summed E-state index contributed by atoms with van der Waals surface area (Å²) < 4.78 is 6.57. The van der Waals surface area contributed by atoms with E-state index in [1.807, 2.05) is 0 Å². The van der Waals surface area contributed by atoms with Crippen molar-refractivity contribution in [2.75, 3.05) is 4.90 Å². The normalized spacial score (nSPS) is 12.7. The van der Waals surface area contributed by atoms with E-state index in [2.05, 4.69) is 205 Å². The van der Waals surface area contributed by atoms with Crippen molar-refractivity contribution >= 4 is 55.3 Å². The first-order valence-electron chi connectivity index (χ1n) is 18.7. The Labute approximate surface area is 315 Å². The molecular formula is C52H37NO. The summed E-state index contributed by atoms with van der Waals surface area (Å²) in [5.41, 5.74) is 14.8. The molecule has 2 heteroatoms. The van der Waals surface area contributed by atoms with E-state index in [-0.39, 0.29) is 0 Å². The van der Waals surface area contributed by atoms with Crippen molar-refractivity contribution in [2.24, 2.45) is 0 Å². The molecule has 1 heterocycles. The van der Waals surface area contributed by atoms with E-state index in [0.717, 1.165) is 68.4 Å². The van der Waals surface area contributed by atoms with E-state index >= 15 is 0 Å². The second-order valence-corrected chi connectivity index (χ2v) is 14.0. The maximum atomic E-state index is 6.57. The van der Waals surface area contributed by atoms with Crippen LogP contribution >= 0.6 is 0 Å². The van der Waals surface area contributed by atoms with Gasteiger partial charge in [-0.2, -0.15) is 0 Å². The summed E-state index contributed by atoms with van der Waals surface area (Å²) in [4.78, 5) is 2.36. The molecule has 1 aromatic heterocycles. The molecule has 0 saturated heterocycles. The maximum absolute atomic E-state index is 6.57. The number of nitrogens with zero attached hydrogens (tertiary/aromatic N) is 1. The van der Waals surface area contributed by atoms with E-state index < -0.39 is 0 Å². The number of hydrogen-bond acceptors (Lipinski definition) is 2. The van der Waals surface area contributed by atoms with Gasteiger partial charge in [-0.25, -0.2) is 0 Å². The summed E-state index contributed by atoms with van der Waals surface area (Å²) in [5.74, 6) is 0. The first-order chi connectivity index (χ1) is 26.8. The van der Waals surface area contributed by atoms with Gasteiger partial charge in [-0.1, -0.05) is 146 Å². The number of fused-ring (bicyclic) bond motifs is 5. The first kappa shape index (κ1) is 31.8. The Bertz CT molecular complexity index is 2840. The molecule has 1 aliphatic carbocycles. The molecule has 0 N–H and O–H groups in total. The third kappa shape index (κ3) is 5.79. The molecule has 0 atom stereocenters. The molecule has 0 aliphatic heterocycles. The molecule has 256 valence electrons. The fourth-order valence-electron chi connectivity index (χ4n) is 7.97. The van der Waals surface area contributed by atoms with Crippen LogP contribution < -0.4 is 4.90 Å². The van der Waals surface area contributed by atoms with Gasteiger partial charge in [-0.3, -0.25) is 0 Å². The van der Waals surface area contributed by atoms with Crippen LogP contribution in [0.15, 0.2) is 205 Å². The Morgan fingerprint density at radius 2 is 1.00 bits per heavy atom. The molecule has 0 radical (unpaired) electrons. The van der Waals surface area contributed by atoms with Gasteiger partial charge in [0.05, 0.1) is 0 Å². The van der Waals surface area contributed by atoms with Crippen molar-refractivity contribution in [1.82, 2.24) is 0 Å². The SMILES string of the molecule is C1=CC(c2cccc(N(c3ccc(-c4ccccc4)cc3)c3ccc(-c4ccc5oc6c7ccccc7c(-c7ccccc7)cc6c5c4)cc3)c2)=CCC1. The fourth-order valence-corrected chi connectivity index (χ4v) is 7.97. The van der Waals surface area contributed by atoms with Gasteiger partial charge in [0, 0.05) is 33.2 Å². The highest BCUT2D eigenvalue weighted by Crippen LogP contribution is 2.42. The molecule has 1 aliphatic rings. The summed E-state index contributed by atoms with van der Waals surface area (Å²) in [6.07, 6.45) is 9.05. The first-order valence-corrected chi connectivity index (χ1v) is 18.7. The molecule has 0 fully saturated rings. The predicted octanol–water partition coefficient (Wildman–Crippen LogP) is 14.9. The molecule has 0 spiro atoms. The zero-order valence-electron chi connectivity index (χ0n) is 29.8. The summed E-state index contributed by atoms with van der Waals surface area (Å²) in [6.45, 7) is 0. The maximum Gasteiger partial charge on any atom is 0.143 e. The number of benzene rings is 8. The van der Waals surface area contributed by atoms with Crippen LogP contribution in [0.25, 0.3) is 71.7 Å². The van der Waals surface area contributed by atoms with Crippen molar-refractivity contribution < 1.29 is 4.42 Å². The molecule has 0 unspecified atom stereocenters. The quantitative estimate of drug-likeness (QED) is 0.165. The molecule has 9 aromatic rings. The third-order valence-electron chi connectivity index (χ3n) is 10.7. The van der Waals surface area contributed by atoms with Crippen LogP contribution in [0, 0.1) is 0 Å². The van der Waals surface area contributed by atoms with Gasteiger partial charge in [-0.15, -0.1) is 0 Å². The van der Waals surface area contributed by atoms with Crippen molar-refractivity contribution in [2.45, 2.75) is 12.8 Å². The smallest absolute Gasteiger partial charge is 0.143 e. The molecule has 10 rings (SSSR count). The lowest BCUT2D eigenvalue weighted by Crippen LogP contribution is -2.10. The van der Waals surface area contributed by atoms with E-state index in [0.29, 0.717) is 0 Å². The third-order valence-corrected chi connectivity index (χ3v) is 10.7. The molecule has 0 bridgehead atoms. The Morgan fingerprint density at radius 3 is 1.70 bits per heavy atom. The standard InChI is InChI=1S/C52H37NO/c1-4-13-36(14-5-1)38-23-28-43(29-24-38)53(45-20-12-19-41(33-45)37-15-6-2-7-16-37)44-30-25-39(26-31-44)42-27-32-51-49(34-42)50-35-48(40-17-8-3-9-18-40)46-21-10-11-22-47(46)52(50)54-51/h1,3-6,8-35H,2,7H2. The number of rotatable bonds is 7. The highest BCUT2D eigenvalue weighted by Gasteiger charge is 2.17. The predicted molar refractivity (Wildman–Crippen MR) is 229 cm³/mol. The van der Waals surface area contributed by atoms with Gasteiger partial charge < -0.3 is 9.32 Å². The summed E-state index contributed by atoms with van der Waals surface area (Å²) in [6, 6.07) is 65.4. The topological polar surface area (TPSA) is 16.4 Å². The van der Waals surface area contributed by atoms with Gasteiger partial charge in [0.15, 0.2) is 0 Å². The average molecular weight is 692 g/mol. The number of hydrogen-bond donors (Lipinski definition) is 0. The Kier molecular flexibility index (Phi) is 8.00. The molecule has 54 heavy (non-hydrogen) atoms. The van der Waals surface area contributed by atoms with Gasteiger partial charge in [0.25, 0.3) is 0 Å². The van der Waals surface area contributed by atoms with Crippen molar-refractivity contribution in [1.29, 1.82) is 0 Å². The fraction of sp³-hybridized carbons (Fsp3) is 0.0385. The zero-order valence-corrected chi connectivity index (χ0v) is 29.8. The Hall–Kier alpha value is -6.90. The summed E-state index contributed by atoms with van der Waals surface area (Å²) in [5, 5.41) is 4.59. The molecule has 8 aromatic carbocycles. The number of anilines is 3. The number of allylic oxidation sites excluding steroid dienone is 4. The molecule has 0 amide bonds. The highest BCUT2D eigenvalue weighted by atomic mass is 16.3. The lowest BCUT2D eigenvalue weighted by Gasteiger charge is -2.26. The molecule has 0 saturated carbocycles. The van der Waals surface area contributed by atoms with Crippen LogP contribution in [-0.4, -0.2) is 0 Å². The van der Waals surface area contributed by atoms with Crippen LogP contribution in [0.1, 0.15) is 18.4 Å². The lowest BCUT2D eigenvalue weighted by atomic mass is 9.95. The van der Waals surface area contributed by atoms with Gasteiger partial charge in [0.2, 0.25) is 0 Å². The van der Waals surface area contributed by atoms with Crippen molar-refractivity contribution in [3.8, 4) is 33.4 Å². The van der Waals surface area contributed by atoms with Gasteiger partial charge in [-0.05, 0) is 117 Å². The van der Waals surface area contributed by atoms with E-state index in [1.165, 1.54) is 38.8 Å². The van der Waals surface area contributed by atoms with E-state index in [9.17, 15) is 0 Å². The van der Waals surface area contributed by atoms with Crippen LogP contribution in [0.5, 0.6) is 0 Å². The van der Waals surface area contributed by atoms with E-state index in [4.69, 9.17) is 4.42 Å². The van der Waals surface area contributed by atoms with Crippen molar-refractivity contribution in [3.05, 3.63) is 206 Å². The van der Waals surface area contributed by atoms with Crippen LogP contribution in [0.4, 0.5) is 17.1 Å². The highest BCUT2D eigenvalue weighted by molar-refractivity contribution is 6.19. The Morgan fingerprint density at radius 1 is 0.389 bits per heavy atom. The van der Waals surface area contributed by atoms with Crippen molar-refractivity contribution in [3.63, 3.8) is 0 Å². The minimum atomic E-state index is 0.897.